The largest absolute Gasteiger partial charge is 0.495 e. The number of nitrogens with two attached hydrogens (primary N) is 1. The first-order chi connectivity index (χ1) is 17.6. The number of rotatable bonds is 7. The number of imidazole rings is 1. The van der Waals surface area contributed by atoms with E-state index in [-0.39, 0.29) is 22.6 Å². The summed E-state index contributed by atoms with van der Waals surface area (Å²) in [7, 11) is 1.51. The number of benzene rings is 2. The van der Waals surface area contributed by atoms with Crippen molar-refractivity contribution in [2.24, 2.45) is 5.84 Å². The summed E-state index contributed by atoms with van der Waals surface area (Å²) in [6.07, 6.45) is 4.70. The van der Waals surface area contributed by atoms with Crippen LogP contribution in [0, 0.1) is 24.4 Å². The fourth-order valence-corrected chi connectivity index (χ4v) is 4.25. The van der Waals surface area contributed by atoms with Crippen LogP contribution in [0.2, 0.25) is 5.02 Å². The first-order valence-corrected chi connectivity index (χ1v) is 11.2. The maximum absolute atomic E-state index is 13.9. The zero-order valence-corrected chi connectivity index (χ0v) is 20.4. The Bertz CT molecular complexity index is 1530. The van der Waals surface area contributed by atoms with Crippen molar-refractivity contribution in [3.05, 3.63) is 110 Å². The summed E-state index contributed by atoms with van der Waals surface area (Å²) in [6.45, 7) is 1.86. The van der Waals surface area contributed by atoms with Crippen molar-refractivity contribution in [1.82, 2.24) is 19.5 Å². The SMILES string of the molecule is COc1cc(Cc2cc(Cl)cn(C(C(=O)NN)c3cc(F)c(F)c(F)c3)c2=O)ccc1-n1cnc(C)c1. The van der Waals surface area contributed by atoms with Gasteiger partial charge in [-0.3, -0.25) is 19.6 Å². The van der Waals surface area contributed by atoms with Crippen molar-refractivity contribution in [2.45, 2.75) is 19.4 Å². The highest BCUT2D eigenvalue weighted by atomic mass is 35.5. The number of halogens is 4. The second-order valence-electron chi connectivity index (χ2n) is 8.21. The van der Waals surface area contributed by atoms with E-state index in [1.165, 1.54) is 13.2 Å². The van der Waals surface area contributed by atoms with E-state index in [0.29, 0.717) is 23.4 Å². The summed E-state index contributed by atoms with van der Waals surface area (Å²) in [6, 6.07) is 6.35. The van der Waals surface area contributed by atoms with E-state index in [9.17, 15) is 22.8 Å². The molecular formula is C25H21ClF3N5O3. The Labute approximate surface area is 214 Å². The lowest BCUT2D eigenvalue weighted by Crippen LogP contribution is -2.41. The van der Waals surface area contributed by atoms with E-state index in [1.54, 1.807) is 29.1 Å². The minimum absolute atomic E-state index is 0.0740. The van der Waals surface area contributed by atoms with Crippen LogP contribution in [0.15, 0.2) is 59.9 Å². The third-order valence-corrected chi connectivity index (χ3v) is 5.91. The zero-order valence-electron chi connectivity index (χ0n) is 19.6. The topological polar surface area (TPSA) is 104 Å². The minimum atomic E-state index is -1.71. The van der Waals surface area contributed by atoms with Crippen molar-refractivity contribution >= 4 is 17.5 Å². The smallest absolute Gasteiger partial charge is 0.261 e. The van der Waals surface area contributed by atoms with Crippen LogP contribution in [0.5, 0.6) is 5.75 Å². The lowest BCUT2D eigenvalue weighted by molar-refractivity contribution is -0.123. The van der Waals surface area contributed by atoms with Gasteiger partial charge in [-0.15, -0.1) is 0 Å². The second kappa shape index (κ2) is 10.5. The molecule has 2 heterocycles. The number of methoxy groups -OCH3 is 1. The number of nitrogens with one attached hydrogen (secondary N) is 1. The summed E-state index contributed by atoms with van der Waals surface area (Å²) >= 11 is 6.26. The molecule has 192 valence electrons. The maximum Gasteiger partial charge on any atom is 0.261 e. The molecule has 0 bridgehead atoms. The molecule has 2 aromatic carbocycles. The van der Waals surface area contributed by atoms with Crippen molar-refractivity contribution < 1.29 is 22.7 Å². The minimum Gasteiger partial charge on any atom is -0.495 e. The number of hydrogen-bond acceptors (Lipinski definition) is 5. The highest BCUT2D eigenvalue weighted by Crippen LogP contribution is 2.27. The van der Waals surface area contributed by atoms with Gasteiger partial charge >= 0.3 is 0 Å². The Balaban J connectivity index is 1.77. The molecule has 8 nitrogen and oxygen atoms in total. The van der Waals surface area contributed by atoms with Crippen molar-refractivity contribution in [3.8, 4) is 11.4 Å². The van der Waals surface area contributed by atoms with Crippen molar-refractivity contribution in [2.75, 3.05) is 7.11 Å². The van der Waals surface area contributed by atoms with Crippen molar-refractivity contribution in [3.63, 3.8) is 0 Å². The molecule has 0 fully saturated rings. The molecule has 37 heavy (non-hydrogen) atoms. The van der Waals surface area contributed by atoms with Crippen molar-refractivity contribution in [1.29, 1.82) is 0 Å². The van der Waals surface area contributed by atoms with Crippen LogP contribution in [0.4, 0.5) is 13.2 Å². The Morgan fingerprint density at radius 1 is 1.16 bits per heavy atom. The fourth-order valence-electron chi connectivity index (χ4n) is 4.01. The molecule has 4 rings (SSSR count). The number of carbonyl (C=O) groups excluding carboxylic acids is 1. The molecule has 0 aliphatic heterocycles. The van der Waals surface area contributed by atoms with Crippen LogP contribution in [0.1, 0.15) is 28.4 Å². The molecule has 0 saturated carbocycles. The van der Waals surface area contributed by atoms with E-state index < -0.39 is 35.0 Å². The van der Waals surface area contributed by atoms with Gasteiger partial charge in [0.1, 0.15) is 11.8 Å². The molecule has 0 spiro atoms. The quantitative estimate of drug-likeness (QED) is 0.164. The molecular weight excluding hydrogens is 511 g/mol. The van der Waals surface area contributed by atoms with Gasteiger partial charge in [-0.05, 0) is 48.4 Å². The molecule has 3 N–H and O–H groups in total. The van der Waals surface area contributed by atoms with Gasteiger partial charge in [0.2, 0.25) is 0 Å². The molecule has 4 aromatic rings. The molecule has 0 saturated heterocycles. The molecule has 2 aromatic heterocycles. The predicted octanol–water partition coefficient (Wildman–Crippen LogP) is 3.59. The maximum atomic E-state index is 13.9. The normalized spacial score (nSPS) is 11.9. The zero-order chi connectivity index (χ0) is 26.9. The van der Waals surface area contributed by atoms with Gasteiger partial charge in [-0.25, -0.2) is 24.0 Å². The van der Waals surface area contributed by atoms with Crippen LogP contribution in [0.3, 0.4) is 0 Å². The highest BCUT2D eigenvalue weighted by molar-refractivity contribution is 6.30. The summed E-state index contributed by atoms with van der Waals surface area (Å²) < 4.78 is 49.6. The van der Waals surface area contributed by atoms with Gasteiger partial charge in [0.05, 0.1) is 29.8 Å². The predicted molar refractivity (Wildman–Crippen MR) is 130 cm³/mol. The fraction of sp³-hybridized carbons (Fsp3) is 0.160. The summed E-state index contributed by atoms with van der Waals surface area (Å²) in [5.41, 5.74) is 3.27. The number of aromatic nitrogens is 3. The summed E-state index contributed by atoms with van der Waals surface area (Å²) in [5.74, 6) is 0.0572. The average molecular weight is 532 g/mol. The number of hydrogen-bond donors (Lipinski definition) is 2. The Kier molecular flexibility index (Phi) is 7.37. The van der Waals surface area contributed by atoms with E-state index in [1.807, 2.05) is 18.5 Å². The lowest BCUT2D eigenvalue weighted by atomic mass is 10.0. The van der Waals surface area contributed by atoms with Crippen LogP contribution in [-0.2, 0) is 11.2 Å². The van der Waals surface area contributed by atoms with Crippen LogP contribution >= 0.6 is 11.6 Å². The molecule has 1 unspecified atom stereocenters. The van der Waals surface area contributed by atoms with Gasteiger partial charge in [0, 0.05) is 24.4 Å². The Morgan fingerprint density at radius 3 is 2.46 bits per heavy atom. The molecule has 12 heteroatoms. The lowest BCUT2D eigenvalue weighted by Gasteiger charge is -2.20. The molecule has 1 atom stereocenters. The number of hydrazine groups is 1. The summed E-state index contributed by atoms with van der Waals surface area (Å²) in [5, 5.41) is 0.0740. The first-order valence-electron chi connectivity index (χ1n) is 10.9. The van der Waals surface area contributed by atoms with Crippen LogP contribution < -0.4 is 21.6 Å². The Morgan fingerprint density at radius 2 is 1.86 bits per heavy atom. The number of nitrogens with zero attached hydrogens (tertiary/aromatic N) is 3. The monoisotopic (exact) mass is 531 g/mol. The number of carbonyl (C=O) groups is 1. The van der Waals surface area contributed by atoms with E-state index in [0.717, 1.165) is 22.1 Å². The molecule has 0 radical (unpaired) electrons. The third kappa shape index (κ3) is 5.23. The van der Waals surface area contributed by atoms with Crippen LogP contribution in [0.25, 0.3) is 5.69 Å². The highest BCUT2D eigenvalue weighted by Gasteiger charge is 2.27. The van der Waals surface area contributed by atoms with Gasteiger partial charge in [-0.2, -0.15) is 0 Å². The number of aryl methyl sites for hydroxylation is 1. The van der Waals surface area contributed by atoms with E-state index in [4.69, 9.17) is 22.2 Å². The van der Waals surface area contributed by atoms with E-state index >= 15 is 0 Å². The van der Waals surface area contributed by atoms with Gasteiger partial charge in [-0.1, -0.05) is 17.7 Å². The van der Waals surface area contributed by atoms with Gasteiger partial charge in [0.15, 0.2) is 17.5 Å². The van der Waals surface area contributed by atoms with Gasteiger partial charge < -0.3 is 9.30 Å². The first kappa shape index (κ1) is 26.0. The number of pyridine rings is 1. The number of amides is 1. The molecule has 0 aliphatic carbocycles. The molecule has 1 amide bonds. The molecule has 0 aliphatic rings. The average Bonchev–Trinajstić information content (AvgIpc) is 3.30. The van der Waals surface area contributed by atoms with Gasteiger partial charge in [0.25, 0.3) is 11.5 Å². The standard InChI is InChI=1S/C25H21ClF3N5O3/c1-13-10-33(12-31-13)20-4-3-14(6-21(20)37-2)5-16-7-17(26)11-34(25(16)36)23(24(35)32-30)15-8-18(27)22(29)19(28)9-15/h3-4,6-12,23H,5,30H2,1-2H3,(H,32,35). The van der Waals surface area contributed by atoms with E-state index in [2.05, 4.69) is 4.98 Å². The number of ether oxygens (including phenoxy) is 1. The van der Waals surface area contributed by atoms with Crippen LogP contribution in [-0.4, -0.2) is 27.1 Å². The second-order valence-corrected chi connectivity index (χ2v) is 8.65. The summed E-state index contributed by atoms with van der Waals surface area (Å²) in [4.78, 5) is 30.2. The third-order valence-electron chi connectivity index (χ3n) is 5.70. The Hall–Kier alpha value is -4.09.